The zero-order valence-electron chi connectivity index (χ0n) is 11.2. The summed E-state index contributed by atoms with van der Waals surface area (Å²) in [6.07, 6.45) is 2.57. The van der Waals surface area contributed by atoms with E-state index < -0.39 is 4.92 Å². The van der Waals surface area contributed by atoms with Crippen LogP contribution in [0.25, 0.3) is 0 Å². The Morgan fingerprint density at radius 2 is 2.25 bits per heavy atom. The van der Waals surface area contributed by atoms with Crippen molar-refractivity contribution in [1.82, 2.24) is 0 Å². The van der Waals surface area contributed by atoms with Crippen molar-refractivity contribution >= 4 is 17.3 Å². The largest absolute Gasteiger partial charge is 0.490 e. The second-order valence-corrected chi connectivity index (χ2v) is 4.83. The highest BCUT2D eigenvalue weighted by Gasteiger charge is 2.31. The number of amides is 1. The number of nitrogens with two attached hydrogens (primary N) is 1. The van der Waals surface area contributed by atoms with Crippen molar-refractivity contribution in [2.24, 2.45) is 11.7 Å². The molecule has 0 spiro atoms. The molecule has 1 saturated carbocycles. The van der Waals surface area contributed by atoms with E-state index in [0.717, 1.165) is 19.3 Å². The lowest BCUT2D eigenvalue weighted by Gasteiger charge is -2.19. The fourth-order valence-electron chi connectivity index (χ4n) is 2.61. The highest BCUT2D eigenvalue weighted by Crippen LogP contribution is 2.33. The van der Waals surface area contributed by atoms with Gasteiger partial charge in [0.25, 0.3) is 0 Å². The number of nitro groups is 1. The van der Waals surface area contributed by atoms with Crippen LogP contribution >= 0.6 is 0 Å². The SMILES string of the molecule is COc1cc(N[C@@H]2CCC[C@@H]2C(N)=O)ccc1[N+](=O)[O-]. The Bertz CT molecular complexity index is 532. The summed E-state index contributed by atoms with van der Waals surface area (Å²) in [7, 11) is 1.38. The van der Waals surface area contributed by atoms with Crippen LogP contribution in [0, 0.1) is 16.0 Å². The number of benzene rings is 1. The number of carbonyl (C=O) groups is 1. The van der Waals surface area contributed by atoms with Crippen LogP contribution in [-0.2, 0) is 4.79 Å². The van der Waals surface area contributed by atoms with Crippen LogP contribution in [0.5, 0.6) is 5.75 Å². The summed E-state index contributed by atoms with van der Waals surface area (Å²) in [6.45, 7) is 0. The number of carbonyl (C=O) groups excluding carboxylic acids is 1. The molecule has 7 nitrogen and oxygen atoms in total. The molecule has 0 radical (unpaired) electrons. The van der Waals surface area contributed by atoms with Gasteiger partial charge >= 0.3 is 5.69 Å². The van der Waals surface area contributed by atoms with Gasteiger partial charge in [0, 0.05) is 23.9 Å². The molecule has 3 N–H and O–H groups in total. The molecule has 0 aromatic heterocycles. The first kappa shape index (κ1) is 14.1. The van der Waals surface area contributed by atoms with Crippen LogP contribution < -0.4 is 15.8 Å². The second-order valence-electron chi connectivity index (χ2n) is 4.83. The Hall–Kier alpha value is -2.31. The lowest BCUT2D eigenvalue weighted by atomic mass is 10.0. The van der Waals surface area contributed by atoms with Crippen molar-refractivity contribution in [3.8, 4) is 5.75 Å². The van der Waals surface area contributed by atoms with E-state index in [4.69, 9.17) is 10.5 Å². The number of primary amides is 1. The smallest absolute Gasteiger partial charge is 0.311 e. The molecule has 0 unspecified atom stereocenters. The summed E-state index contributed by atoms with van der Waals surface area (Å²) >= 11 is 0. The normalized spacial score (nSPS) is 21.4. The molecule has 1 fully saturated rings. The summed E-state index contributed by atoms with van der Waals surface area (Å²) < 4.78 is 5.01. The topological polar surface area (TPSA) is 107 Å². The highest BCUT2D eigenvalue weighted by molar-refractivity contribution is 5.78. The van der Waals surface area contributed by atoms with Crippen molar-refractivity contribution in [3.63, 3.8) is 0 Å². The monoisotopic (exact) mass is 279 g/mol. The summed E-state index contributed by atoms with van der Waals surface area (Å²) in [5.41, 5.74) is 5.97. The molecule has 1 aromatic rings. The van der Waals surface area contributed by atoms with Crippen LogP contribution in [0.1, 0.15) is 19.3 Å². The third-order valence-corrected chi connectivity index (χ3v) is 3.61. The molecular weight excluding hydrogens is 262 g/mol. The molecule has 1 aliphatic carbocycles. The van der Waals surface area contributed by atoms with E-state index >= 15 is 0 Å². The molecular formula is C13H17N3O4. The summed E-state index contributed by atoms with van der Waals surface area (Å²) in [6, 6.07) is 4.53. The zero-order valence-corrected chi connectivity index (χ0v) is 11.2. The zero-order chi connectivity index (χ0) is 14.7. The molecule has 1 aliphatic rings. The average molecular weight is 279 g/mol. The quantitative estimate of drug-likeness (QED) is 0.629. The average Bonchev–Trinajstić information content (AvgIpc) is 2.86. The summed E-state index contributed by atoms with van der Waals surface area (Å²) in [5.74, 6) is -0.321. The van der Waals surface area contributed by atoms with Gasteiger partial charge < -0.3 is 15.8 Å². The summed E-state index contributed by atoms with van der Waals surface area (Å²) in [4.78, 5) is 21.7. The van der Waals surface area contributed by atoms with E-state index in [1.54, 1.807) is 12.1 Å². The molecule has 0 aliphatic heterocycles. The predicted octanol–water partition coefficient (Wildman–Crippen LogP) is 1.67. The third-order valence-electron chi connectivity index (χ3n) is 3.61. The van der Waals surface area contributed by atoms with Crippen molar-refractivity contribution in [2.75, 3.05) is 12.4 Å². The number of hydrogen-bond donors (Lipinski definition) is 2. The predicted molar refractivity (Wildman–Crippen MR) is 73.6 cm³/mol. The Morgan fingerprint density at radius 1 is 1.50 bits per heavy atom. The molecule has 2 rings (SSSR count). The van der Waals surface area contributed by atoms with E-state index in [0.29, 0.717) is 5.69 Å². The number of methoxy groups -OCH3 is 1. The molecule has 0 bridgehead atoms. The fraction of sp³-hybridized carbons (Fsp3) is 0.462. The molecule has 0 saturated heterocycles. The Morgan fingerprint density at radius 3 is 2.85 bits per heavy atom. The standard InChI is InChI=1S/C13H17N3O4/c1-20-12-7-8(5-6-11(12)16(18)19)15-10-4-2-3-9(10)13(14)17/h5-7,9-10,15H,2-4H2,1H3,(H2,14,17)/t9-,10+/m0/s1. The lowest BCUT2D eigenvalue weighted by Crippen LogP contribution is -2.34. The van der Waals surface area contributed by atoms with E-state index in [2.05, 4.69) is 5.32 Å². The molecule has 0 heterocycles. The van der Waals surface area contributed by atoms with Crippen molar-refractivity contribution in [2.45, 2.75) is 25.3 Å². The van der Waals surface area contributed by atoms with Crippen LogP contribution in [-0.4, -0.2) is 24.0 Å². The molecule has 7 heteroatoms. The molecule has 1 amide bonds. The number of rotatable bonds is 5. The minimum Gasteiger partial charge on any atom is -0.490 e. The van der Waals surface area contributed by atoms with Crippen LogP contribution in [0.2, 0.25) is 0 Å². The first-order valence-corrected chi connectivity index (χ1v) is 6.41. The maximum absolute atomic E-state index is 11.3. The van der Waals surface area contributed by atoms with Gasteiger partial charge in [0.05, 0.1) is 18.0 Å². The van der Waals surface area contributed by atoms with E-state index in [1.165, 1.54) is 13.2 Å². The van der Waals surface area contributed by atoms with E-state index in [9.17, 15) is 14.9 Å². The Balaban J connectivity index is 2.17. The second kappa shape index (κ2) is 5.77. The lowest BCUT2D eigenvalue weighted by molar-refractivity contribution is -0.385. The maximum Gasteiger partial charge on any atom is 0.311 e. The van der Waals surface area contributed by atoms with Crippen molar-refractivity contribution in [3.05, 3.63) is 28.3 Å². The number of hydrogen-bond acceptors (Lipinski definition) is 5. The fourth-order valence-corrected chi connectivity index (χ4v) is 2.61. The van der Waals surface area contributed by atoms with Gasteiger partial charge in [0.1, 0.15) is 0 Å². The molecule has 1 aromatic carbocycles. The van der Waals surface area contributed by atoms with E-state index in [-0.39, 0.29) is 29.3 Å². The van der Waals surface area contributed by atoms with Crippen molar-refractivity contribution in [1.29, 1.82) is 0 Å². The number of nitro benzene ring substituents is 1. The highest BCUT2D eigenvalue weighted by atomic mass is 16.6. The van der Waals surface area contributed by atoms with Gasteiger partial charge in [-0.05, 0) is 18.9 Å². The minimum absolute atomic E-state index is 0.0290. The van der Waals surface area contributed by atoms with Crippen LogP contribution in [0.3, 0.4) is 0 Å². The summed E-state index contributed by atoms with van der Waals surface area (Å²) in [5, 5.41) is 14.0. The Labute approximate surface area is 116 Å². The van der Waals surface area contributed by atoms with Gasteiger partial charge in [-0.3, -0.25) is 14.9 Å². The number of ether oxygens (including phenoxy) is 1. The van der Waals surface area contributed by atoms with Crippen LogP contribution in [0.15, 0.2) is 18.2 Å². The van der Waals surface area contributed by atoms with Gasteiger partial charge in [0.2, 0.25) is 5.91 Å². The Kier molecular flexibility index (Phi) is 4.07. The molecule has 2 atom stereocenters. The van der Waals surface area contributed by atoms with Crippen molar-refractivity contribution < 1.29 is 14.5 Å². The van der Waals surface area contributed by atoms with Crippen LogP contribution in [0.4, 0.5) is 11.4 Å². The number of anilines is 1. The third kappa shape index (κ3) is 2.81. The maximum atomic E-state index is 11.3. The minimum atomic E-state index is -0.496. The number of nitrogens with one attached hydrogen (secondary N) is 1. The first-order chi connectivity index (χ1) is 9.52. The van der Waals surface area contributed by atoms with Gasteiger partial charge in [-0.2, -0.15) is 0 Å². The van der Waals surface area contributed by atoms with Gasteiger partial charge in [0.15, 0.2) is 5.75 Å². The van der Waals surface area contributed by atoms with Gasteiger partial charge in [-0.25, -0.2) is 0 Å². The van der Waals surface area contributed by atoms with E-state index in [1.807, 2.05) is 0 Å². The van der Waals surface area contributed by atoms with Gasteiger partial charge in [-0.15, -0.1) is 0 Å². The molecule has 20 heavy (non-hydrogen) atoms. The number of nitrogens with zero attached hydrogens (tertiary/aromatic N) is 1. The van der Waals surface area contributed by atoms with Gasteiger partial charge in [-0.1, -0.05) is 6.42 Å². The first-order valence-electron chi connectivity index (χ1n) is 6.41. The molecule has 108 valence electrons.